The van der Waals surface area contributed by atoms with Crippen LogP contribution < -0.4 is 0 Å². The first kappa shape index (κ1) is 10.3. The number of ketones is 1. The maximum Gasteiger partial charge on any atom is 0.300 e. The number of benzene rings is 1. The SMILES string of the molecule is N#Cc1cc(C(=O)C(F)F)ccc1F. The van der Waals surface area contributed by atoms with Crippen molar-refractivity contribution >= 4 is 5.78 Å². The summed E-state index contributed by atoms with van der Waals surface area (Å²) in [6.07, 6.45) is -3.15. The first-order chi connectivity index (χ1) is 6.56. The average molecular weight is 199 g/mol. The maximum absolute atomic E-state index is 12.7. The summed E-state index contributed by atoms with van der Waals surface area (Å²) in [5.41, 5.74) is -0.783. The molecule has 14 heavy (non-hydrogen) atoms. The second kappa shape index (κ2) is 3.92. The van der Waals surface area contributed by atoms with E-state index in [0.717, 1.165) is 18.2 Å². The van der Waals surface area contributed by atoms with Crippen molar-refractivity contribution in [3.05, 3.63) is 35.1 Å². The van der Waals surface area contributed by atoms with Gasteiger partial charge < -0.3 is 0 Å². The minimum atomic E-state index is -3.15. The molecule has 0 heterocycles. The Kier molecular flexibility index (Phi) is 2.87. The van der Waals surface area contributed by atoms with Crippen LogP contribution in [0.15, 0.2) is 18.2 Å². The highest BCUT2D eigenvalue weighted by Gasteiger charge is 2.18. The normalized spacial score (nSPS) is 9.93. The Morgan fingerprint density at radius 1 is 1.43 bits per heavy atom. The predicted molar refractivity (Wildman–Crippen MR) is 41.4 cm³/mol. The number of rotatable bonds is 2. The number of halogens is 3. The lowest BCUT2D eigenvalue weighted by atomic mass is 10.1. The molecule has 0 fully saturated rings. The van der Waals surface area contributed by atoms with E-state index in [0.29, 0.717) is 0 Å². The van der Waals surface area contributed by atoms with Crippen molar-refractivity contribution in [3.63, 3.8) is 0 Å². The van der Waals surface area contributed by atoms with Gasteiger partial charge >= 0.3 is 6.43 Å². The number of carbonyl (C=O) groups is 1. The monoisotopic (exact) mass is 199 g/mol. The van der Waals surface area contributed by atoms with Gasteiger partial charge in [0.05, 0.1) is 5.56 Å². The zero-order valence-corrected chi connectivity index (χ0v) is 6.80. The zero-order valence-electron chi connectivity index (χ0n) is 6.80. The van der Waals surface area contributed by atoms with Gasteiger partial charge in [-0.25, -0.2) is 13.2 Å². The van der Waals surface area contributed by atoms with Crippen molar-refractivity contribution in [2.24, 2.45) is 0 Å². The van der Waals surface area contributed by atoms with Crippen LogP contribution in [0.3, 0.4) is 0 Å². The molecule has 0 aromatic heterocycles. The molecule has 0 aliphatic carbocycles. The fourth-order valence-electron chi connectivity index (χ4n) is 0.890. The van der Waals surface area contributed by atoms with Crippen LogP contribution >= 0.6 is 0 Å². The summed E-state index contributed by atoms with van der Waals surface area (Å²) in [5.74, 6) is -2.25. The topological polar surface area (TPSA) is 40.9 Å². The molecule has 0 bridgehead atoms. The van der Waals surface area contributed by atoms with Gasteiger partial charge in [0, 0.05) is 5.56 Å². The van der Waals surface area contributed by atoms with Gasteiger partial charge in [0.1, 0.15) is 11.9 Å². The number of hydrogen-bond acceptors (Lipinski definition) is 2. The number of nitrogens with zero attached hydrogens (tertiary/aromatic N) is 1. The van der Waals surface area contributed by atoms with Crippen LogP contribution in [0.2, 0.25) is 0 Å². The van der Waals surface area contributed by atoms with Crippen LogP contribution in [0.4, 0.5) is 13.2 Å². The van der Waals surface area contributed by atoms with E-state index >= 15 is 0 Å². The van der Waals surface area contributed by atoms with Crippen LogP contribution in [-0.2, 0) is 0 Å². The Morgan fingerprint density at radius 3 is 2.57 bits per heavy atom. The molecule has 0 saturated carbocycles. The van der Waals surface area contributed by atoms with Gasteiger partial charge in [-0.05, 0) is 18.2 Å². The molecule has 0 amide bonds. The number of nitriles is 1. The molecule has 0 unspecified atom stereocenters. The second-order valence-corrected chi connectivity index (χ2v) is 2.47. The number of Topliss-reactive ketones (excluding diaryl/α,β-unsaturated/α-hetero) is 1. The fraction of sp³-hybridized carbons (Fsp3) is 0.111. The fourth-order valence-corrected chi connectivity index (χ4v) is 0.890. The average Bonchev–Trinajstić information content (AvgIpc) is 2.17. The zero-order chi connectivity index (χ0) is 10.7. The first-order valence-corrected chi connectivity index (χ1v) is 3.58. The van der Waals surface area contributed by atoms with Crippen LogP contribution in [0.25, 0.3) is 0 Å². The number of hydrogen-bond donors (Lipinski definition) is 0. The van der Waals surface area contributed by atoms with Crippen LogP contribution in [0.1, 0.15) is 15.9 Å². The lowest BCUT2D eigenvalue weighted by Crippen LogP contribution is -2.10. The molecule has 72 valence electrons. The highest BCUT2D eigenvalue weighted by Crippen LogP contribution is 2.12. The Hall–Kier alpha value is -1.83. The minimum absolute atomic E-state index is 0.363. The highest BCUT2D eigenvalue weighted by atomic mass is 19.3. The van der Waals surface area contributed by atoms with E-state index in [1.54, 1.807) is 0 Å². The Labute approximate surface area is 77.6 Å². The van der Waals surface area contributed by atoms with Gasteiger partial charge in [-0.15, -0.1) is 0 Å². The van der Waals surface area contributed by atoms with E-state index in [2.05, 4.69) is 0 Å². The van der Waals surface area contributed by atoms with E-state index in [9.17, 15) is 18.0 Å². The standard InChI is InChI=1S/C9H4F3NO/c10-7-2-1-5(3-6(7)4-13)8(14)9(11)12/h1-3,9H. The third-order valence-corrected chi connectivity index (χ3v) is 1.57. The minimum Gasteiger partial charge on any atom is -0.288 e. The molecule has 5 heteroatoms. The van der Waals surface area contributed by atoms with Crippen LogP contribution in [0, 0.1) is 17.1 Å². The number of carbonyl (C=O) groups excluding carboxylic acids is 1. The lowest BCUT2D eigenvalue weighted by molar-refractivity contribution is 0.0678. The van der Waals surface area contributed by atoms with Crippen LogP contribution in [0.5, 0.6) is 0 Å². The van der Waals surface area contributed by atoms with Crippen molar-refractivity contribution in [2.75, 3.05) is 0 Å². The summed E-state index contributed by atoms with van der Waals surface area (Å²) in [5, 5.41) is 8.37. The van der Waals surface area contributed by atoms with E-state index in [1.165, 1.54) is 6.07 Å². The molecule has 1 rings (SSSR count). The summed E-state index contributed by atoms with van der Waals surface area (Å²) in [6.45, 7) is 0. The van der Waals surface area contributed by atoms with Crippen LogP contribution in [-0.4, -0.2) is 12.2 Å². The molecule has 2 nitrogen and oxygen atoms in total. The largest absolute Gasteiger partial charge is 0.300 e. The molecule has 0 spiro atoms. The van der Waals surface area contributed by atoms with E-state index in [1.807, 2.05) is 0 Å². The first-order valence-electron chi connectivity index (χ1n) is 3.58. The molecule has 0 atom stereocenters. The van der Waals surface area contributed by atoms with Gasteiger partial charge in [0.25, 0.3) is 0 Å². The lowest BCUT2D eigenvalue weighted by Gasteiger charge is -1.99. The molecular weight excluding hydrogens is 195 g/mol. The van der Waals surface area contributed by atoms with Gasteiger partial charge in [0.2, 0.25) is 5.78 Å². The Morgan fingerprint density at radius 2 is 2.07 bits per heavy atom. The van der Waals surface area contributed by atoms with E-state index in [4.69, 9.17) is 5.26 Å². The predicted octanol–water partition coefficient (Wildman–Crippen LogP) is 2.15. The molecule has 0 saturated heterocycles. The van der Waals surface area contributed by atoms with Crippen molar-refractivity contribution in [1.82, 2.24) is 0 Å². The quantitative estimate of drug-likeness (QED) is 0.684. The van der Waals surface area contributed by atoms with Gasteiger partial charge in [-0.2, -0.15) is 5.26 Å². The van der Waals surface area contributed by atoms with Gasteiger partial charge in [-0.1, -0.05) is 0 Å². The van der Waals surface area contributed by atoms with Crippen molar-refractivity contribution < 1.29 is 18.0 Å². The van der Waals surface area contributed by atoms with E-state index in [-0.39, 0.29) is 5.56 Å². The van der Waals surface area contributed by atoms with E-state index < -0.39 is 23.6 Å². The third-order valence-electron chi connectivity index (χ3n) is 1.57. The molecule has 1 aromatic rings. The second-order valence-electron chi connectivity index (χ2n) is 2.47. The summed E-state index contributed by atoms with van der Waals surface area (Å²) in [6, 6.07) is 4.00. The van der Waals surface area contributed by atoms with Crippen molar-refractivity contribution in [2.45, 2.75) is 6.43 Å². The molecule has 1 aromatic carbocycles. The molecule has 0 aliphatic heterocycles. The highest BCUT2D eigenvalue weighted by molar-refractivity contribution is 5.98. The Bertz CT molecular complexity index is 409. The number of alkyl halides is 2. The third kappa shape index (κ3) is 1.91. The van der Waals surface area contributed by atoms with Gasteiger partial charge in [0.15, 0.2) is 0 Å². The molecular formula is C9H4F3NO. The van der Waals surface area contributed by atoms with Gasteiger partial charge in [-0.3, -0.25) is 4.79 Å². The molecule has 0 aliphatic rings. The molecule has 0 N–H and O–H groups in total. The van der Waals surface area contributed by atoms with Crippen molar-refractivity contribution in [3.8, 4) is 6.07 Å². The Balaban J connectivity index is 3.15. The summed E-state index contributed by atoms with van der Waals surface area (Å²) in [4.78, 5) is 10.7. The summed E-state index contributed by atoms with van der Waals surface area (Å²) in [7, 11) is 0. The molecule has 0 radical (unpaired) electrons. The van der Waals surface area contributed by atoms with Crippen molar-refractivity contribution in [1.29, 1.82) is 5.26 Å². The summed E-state index contributed by atoms with van der Waals surface area (Å²) >= 11 is 0. The smallest absolute Gasteiger partial charge is 0.288 e. The maximum atomic E-state index is 12.7. The summed E-state index contributed by atoms with van der Waals surface area (Å²) < 4.78 is 36.6.